The summed E-state index contributed by atoms with van der Waals surface area (Å²) in [5.74, 6) is -0.768. The number of carbonyl (C=O) groups is 3. The summed E-state index contributed by atoms with van der Waals surface area (Å²) in [6.45, 7) is 4.10. The predicted molar refractivity (Wildman–Crippen MR) is 103 cm³/mol. The Morgan fingerprint density at radius 2 is 1.57 bits per heavy atom. The van der Waals surface area contributed by atoms with Crippen LogP contribution in [0.2, 0.25) is 0 Å². The standard InChI is InChI=1S/C20H22N2O6/c1-3-26-15-9-10-17(27-4-2)16(11-15)22-18(23)12-28-20(25)14-7-5-13(6-8-14)19(21)24/h5-11H,3-4,12H2,1-2H3,(H2,21,24)(H,22,23). The number of carbonyl (C=O) groups excluding carboxylic acids is 3. The predicted octanol–water partition coefficient (Wildman–Crippen LogP) is 2.38. The van der Waals surface area contributed by atoms with E-state index in [1.54, 1.807) is 18.2 Å². The Morgan fingerprint density at radius 1 is 0.929 bits per heavy atom. The fourth-order valence-corrected chi connectivity index (χ4v) is 2.32. The second kappa shape index (κ2) is 9.96. The topological polar surface area (TPSA) is 117 Å². The third-order valence-electron chi connectivity index (χ3n) is 3.58. The van der Waals surface area contributed by atoms with Crippen molar-refractivity contribution in [2.45, 2.75) is 13.8 Å². The van der Waals surface area contributed by atoms with E-state index in [1.165, 1.54) is 24.3 Å². The van der Waals surface area contributed by atoms with Crippen LogP contribution in [0.4, 0.5) is 5.69 Å². The molecule has 0 atom stereocenters. The molecule has 0 saturated heterocycles. The molecule has 0 spiro atoms. The molecule has 2 amide bonds. The van der Waals surface area contributed by atoms with E-state index in [2.05, 4.69) is 5.32 Å². The molecule has 2 aromatic carbocycles. The number of rotatable bonds is 9. The Hall–Kier alpha value is -3.55. The number of primary amides is 1. The molecule has 0 fully saturated rings. The number of hydrogen-bond donors (Lipinski definition) is 2. The number of esters is 1. The van der Waals surface area contributed by atoms with Crippen molar-refractivity contribution in [3.05, 3.63) is 53.6 Å². The number of amides is 2. The summed E-state index contributed by atoms with van der Waals surface area (Å²) in [6, 6.07) is 10.7. The van der Waals surface area contributed by atoms with Crippen LogP contribution in [0.3, 0.4) is 0 Å². The molecule has 8 heteroatoms. The van der Waals surface area contributed by atoms with Gasteiger partial charge in [-0.2, -0.15) is 0 Å². The number of nitrogens with one attached hydrogen (secondary N) is 1. The second-order valence-electron chi connectivity index (χ2n) is 5.59. The first-order valence-corrected chi connectivity index (χ1v) is 8.71. The lowest BCUT2D eigenvalue weighted by Gasteiger charge is -2.13. The van der Waals surface area contributed by atoms with Gasteiger partial charge in [0.15, 0.2) is 6.61 Å². The van der Waals surface area contributed by atoms with Crippen LogP contribution in [-0.2, 0) is 9.53 Å². The molecule has 2 aromatic rings. The summed E-state index contributed by atoms with van der Waals surface area (Å²) in [7, 11) is 0. The monoisotopic (exact) mass is 386 g/mol. The molecule has 3 N–H and O–H groups in total. The fourth-order valence-electron chi connectivity index (χ4n) is 2.32. The lowest BCUT2D eigenvalue weighted by Crippen LogP contribution is -2.21. The van der Waals surface area contributed by atoms with E-state index in [4.69, 9.17) is 19.9 Å². The SMILES string of the molecule is CCOc1ccc(OCC)c(NC(=O)COC(=O)c2ccc(C(N)=O)cc2)c1. The highest BCUT2D eigenvalue weighted by atomic mass is 16.5. The number of anilines is 1. The largest absolute Gasteiger partial charge is 0.494 e. The number of benzene rings is 2. The highest BCUT2D eigenvalue weighted by molar-refractivity contribution is 5.97. The molecule has 148 valence electrons. The third kappa shape index (κ3) is 5.73. The summed E-state index contributed by atoms with van der Waals surface area (Å²) in [6.07, 6.45) is 0. The summed E-state index contributed by atoms with van der Waals surface area (Å²) in [5.41, 5.74) is 6.03. The van der Waals surface area contributed by atoms with Crippen LogP contribution in [0.15, 0.2) is 42.5 Å². The highest BCUT2D eigenvalue weighted by Crippen LogP contribution is 2.29. The van der Waals surface area contributed by atoms with Gasteiger partial charge in [0.25, 0.3) is 5.91 Å². The van der Waals surface area contributed by atoms with Gasteiger partial charge in [-0.3, -0.25) is 9.59 Å². The lowest BCUT2D eigenvalue weighted by atomic mass is 10.1. The molecule has 28 heavy (non-hydrogen) atoms. The molecular weight excluding hydrogens is 364 g/mol. The molecule has 0 aliphatic carbocycles. The first-order chi connectivity index (χ1) is 13.4. The molecule has 0 aliphatic heterocycles. The van der Waals surface area contributed by atoms with E-state index in [1.807, 2.05) is 13.8 Å². The Kier molecular flexibility index (Phi) is 7.38. The van der Waals surface area contributed by atoms with Crippen molar-refractivity contribution in [2.24, 2.45) is 5.73 Å². The van der Waals surface area contributed by atoms with E-state index in [9.17, 15) is 14.4 Å². The van der Waals surface area contributed by atoms with Gasteiger partial charge < -0.3 is 25.3 Å². The van der Waals surface area contributed by atoms with Gasteiger partial charge in [0.05, 0.1) is 24.5 Å². The Balaban J connectivity index is 1.98. The summed E-state index contributed by atoms with van der Waals surface area (Å²) in [4.78, 5) is 35.2. The number of hydrogen-bond acceptors (Lipinski definition) is 6. The van der Waals surface area contributed by atoms with Crippen molar-refractivity contribution in [1.82, 2.24) is 0 Å². The van der Waals surface area contributed by atoms with Gasteiger partial charge in [0.1, 0.15) is 11.5 Å². The van der Waals surface area contributed by atoms with Crippen molar-refractivity contribution in [3.8, 4) is 11.5 Å². The van der Waals surface area contributed by atoms with Crippen molar-refractivity contribution in [1.29, 1.82) is 0 Å². The quantitative estimate of drug-likeness (QED) is 0.639. The van der Waals surface area contributed by atoms with E-state index >= 15 is 0 Å². The fraction of sp³-hybridized carbons (Fsp3) is 0.250. The molecule has 8 nitrogen and oxygen atoms in total. The van der Waals surface area contributed by atoms with Gasteiger partial charge in [-0.1, -0.05) is 0 Å². The van der Waals surface area contributed by atoms with Crippen LogP contribution in [0.25, 0.3) is 0 Å². The third-order valence-corrected chi connectivity index (χ3v) is 3.58. The minimum atomic E-state index is -0.695. The molecule has 0 aliphatic rings. The minimum absolute atomic E-state index is 0.200. The Bertz CT molecular complexity index is 848. The van der Waals surface area contributed by atoms with Crippen molar-refractivity contribution >= 4 is 23.5 Å². The van der Waals surface area contributed by atoms with Crippen molar-refractivity contribution in [2.75, 3.05) is 25.1 Å². The summed E-state index contributed by atoms with van der Waals surface area (Å²) in [5, 5.41) is 2.64. The molecule has 0 unspecified atom stereocenters. The summed E-state index contributed by atoms with van der Waals surface area (Å²) < 4.78 is 15.9. The van der Waals surface area contributed by atoms with E-state index in [0.29, 0.717) is 30.4 Å². The van der Waals surface area contributed by atoms with Gasteiger partial charge in [-0.15, -0.1) is 0 Å². The first kappa shape index (κ1) is 20.8. The van der Waals surface area contributed by atoms with Gasteiger partial charge in [0, 0.05) is 11.6 Å². The molecule has 0 bridgehead atoms. The molecule has 2 rings (SSSR count). The second-order valence-corrected chi connectivity index (χ2v) is 5.59. The zero-order chi connectivity index (χ0) is 20.5. The Morgan fingerprint density at radius 3 is 2.18 bits per heavy atom. The molecule has 0 aromatic heterocycles. The number of ether oxygens (including phenoxy) is 3. The number of nitrogens with two attached hydrogens (primary N) is 1. The maximum Gasteiger partial charge on any atom is 0.338 e. The zero-order valence-corrected chi connectivity index (χ0v) is 15.7. The molecular formula is C20H22N2O6. The maximum absolute atomic E-state index is 12.2. The normalized spacial score (nSPS) is 10.1. The van der Waals surface area contributed by atoms with E-state index in [-0.39, 0.29) is 11.1 Å². The van der Waals surface area contributed by atoms with Crippen LogP contribution >= 0.6 is 0 Å². The molecule has 0 radical (unpaired) electrons. The van der Waals surface area contributed by atoms with E-state index < -0.39 is 24.4 Å². The van der Waals surface area contributed by atoms with Crippen LogP contribution in [0, 0.1) is 0 Å². The maximum atomic E-state index is 12.2. The zero-order valence-electron chi connectivity index (χ0n) is 15.7. The van der Waals surface area contributed by atoms with Gasteiger partial charge in [-0.05, 0) is 50.2 Å². The van der Waals surface area contributed by atoms with Crippen molar-refractivity contribution < 1.29 is 28.6 Å². The smallest absolute Gasteiger partial charge is 0.338 e. The van der Waals surface area contributed by atoms with Crippen molar-refractivity contribution in [3.63, 3.8) is 0 Å². The van der Waals surface area contributed by atoms with E-state index in [0.717, 1.165) is 0 Å². The minimum Gasteiger partial charge on any atom is -0.494 e. The summed E-state index contributed by atoms with van der Waals surface area (Å²) >= 11 is 0. The van der Waals surface area contributed by atoms with Crippen LogP contribution in [0.1, 0.15) is 34.6 Å². The van der Waals surface area contributed by atoms with Gasteiger partial charge >= 0.3 is 5.97 Å². The molecule has 0 heterocycles. The van der Waals surface area contributed by atoms with Crippen LogP contribution in [-0.4, -0.2) is 37.6 Å². The first-order valence-electron chi connectivity index (χ1n) is 8.71. The van der Waals surface area contributed by atoms with Crippen LogP contribution in [0.5, 0.6) is 11.5 Å². The van der Waals surface area contributed by atoms with Gasteiger partial charge in [0.2, 0.25) is 5.91 Å². The molecule has 0 saturated carbocycles. The lowest BCUT2D eigenvalue weighted by molar-refractivity contribution is -0.119. The van der Waals surface area contributed by atoms with Crippen LogP contribution < -0.4 is 20.5 Å². The van der Waals surface area contributed by atoms with Gasteiger partial charge in [-0.25, -0.2) is 4.79 Å². The highest BCUT2D eigenvalue weighted by Gasteiger charge is 2.14. The Labute approximate surface area is 162 Å². The average molecular weight is 386 g/mol. The average Bonchev–Trinajstić information content (AvgIpc) is 2.68.